The molecule has 2 aliphatic heterocycles. The highest BCUT2D eigenvalue weighted by Gasteiger charge is 2.39. The summed E-state index contributed by atoms with van der Waals surface area (Å²) >= 11 is 1.78. The predicted molar refractivity (Wildman–Crippen MR) is 99.8 cm³/mol. The summed E-state index contributed by atoms with van der Waals surface area (Å²) in [6.45, 7) is 4.74. The van der Waals surface area contributed by atoms with Gasteiger partial charge in [0.05, 0.1) is 5.69 Å². The number of aryl methyl sites for hydroxylation is 1. The Labute approximate surface area is 152 Å². The summed E-state index contributed by atoms with van der Waals surface area (Å²) in [4.78, 5) is 18.3. The van der Waals surface area contributed by atoms with E-state index in [2.05, 4.69) is 43.6 Å². The Bertz CT molecular complexity index is 716. The molecule has 2 fully saturated rings. The van der Waals surface area contributed by atoms with Gasteiger partial charge in [0.1, 0.15) is 0 Å². The molecule has 0 aromatic carbocycles. The van der Waals surface area contributed by atoms with Crippen molar-refractivity contribution >= 4 is 23.1 Å². The zero-order chi connectivity index (χ0) is 17.2. The van der Waals surface area contributed by atoms with Gasteiger partial charge in [-0.1, -0.05) is 6.07 Å². The minimum Gasteiger partial charge on any atom is -0.355 e. The van der Waals surface area contributed by atoms with Crippen LogP contribution in [0.3, 0.4) is 0 Å². The third-order valence-corrected chi connectivity index (χ3v) is 6.37. The molecule has 2 saturated heterocycles. The first kappa shape index (κ1) is 16.5. The third-order valence-electron chi connectivity index (χ3n) is 5.43. The summed E-state index contributed by atoms with van der Waals surface area (Å²) in [6, 6.07) is 8.71. The molecule has 0 saturated carbocycles. The zero-order valence-electron chi connectivity index (χ0n) is 14.6. The summed E-state index contributed by atoms with van der Waals surface area (Å²) in [5, 5.41) is 10.6. The first-order chi connectivity index (χ1) is 12.2. The van der Waals surface area contributed by atoms with Gasteiger partial charge in [-0.25, -0.2) is 0 Å². The van der Waals surface area contributed by atoms with Crippen molar-refractivity contribution in [1.29, 1.82) is 0 Å². The Morgan fingerprint density at radius 2 is 2.16 bits per heavy atom. The minimum atomic E-state index is 0.335. The van der Waals surface area contributed by atoms with E-state index in [9.17, 15) is 4.79 Å². The fourth-order valence-corrected chi connectivity index (χ4v) is 4.79. The molecular formula is C19H24N4OS. The van der Waals surface area contributed by atoms with E-state index in [1.807, 2.05) is 13.0 Å². The van der Waals surface area contributed by atoms with Crippen LogP contribution in [0.2, 0.25) is 0 Å². The fourth-order valence-electron chi connectivity index (χ4n) is 4.10. The number of thiophene rings is 1. The van der Waals surface area contributed by atoms with E-state index in [1.54, 1.807) is 11.3 Å². The largest absolute Gasteiger partial charge is 0.355 e. The summed E-state index contributed by atoms with van der Waals surface area (Å²) in [5.74, 6) is 1.84. The molecule has 0 radical (unpaired) electrons. The summed E-state index contributed by atoms with van der Waals surface area (Å²) in [6.07, 6.45) is 3.67. The van der Waals surface area contributed by atoms with Gasteiger partial charge >= 0.3 is 0 Å². The van der Waals surface area contributed by atoms with Gasteiger partial charge in [-0.15, -0.1) is 16.4 Å². The van der Waals surface area contributed by atoms with Crippen LogP contribution < -0.4 is 4.90 Å². The van der Waals surface area contributed by atoms with Gasteiger partial charge in [-0.2, -0.15) is 5.10 Å². The number of nitrogens with zero attached hydrogens (tertiary/aromatic N) is 4. The van der Waals surface area contributed by atoms with Gasteiger partial charge in [0.25, 0.3) is 0 Å². The Kier molecular flexibility index (Phi) is 4.70. The molecule has 2 aliphatic rings. The van der Waals surface area contributed by atoms with E-state index in [-0.39, 0.29) is 0 Å². The Morgan fingerprint density at radius 1 is 1.24 bits per heavy atom. The van der Waals surface area contributed by atoms with Gasteiger partial charge in [-0.3, -0.25) is 4.79 Å². The quantitative estimate of drug-likeness (QED) is 0.845. The van der Waals surface area contributed by atoms with E-state index in [1.165, 1.54) is 4.88 Å². The first-order valence-electron chi connectivity index (χ1n) is 9.08. The van der Waals surface area contributed by atoms with Crippen molar-refractivity contribution in [3.63, 3.8) is 0 Å². The van der Waals surface area contributed by atoms with Crippen LogP contribution in [0, 0.1) is 12.8 Å². The number of likely N-dealkylation sites (tertiary alicyclic amines) is 1. The van der Waals surface area contributed by atoms with E-state index in [4.69, 9.17) is 0 Å². The van der Waals surface area contributed by atoms with E-state index in [0.717, 1.165) is 50.4 Å². The average Bonchev–Trinajstić information content (AvgIpc) is 3.15. The predicted octanol–water partition coefficient (Wildman–Crippen LogP) is 2.91. The molecule has 0 aliphatic carbocycles. The monoisotopic (exact) mass is 356 g/mol. The fraction of sp³-hybridized carbons (Fsp3) is 0.526. The minimum absolute atomic E-state index is 0.335. The van der Waals surface area contributed by atoms with Crippen LogP contribution in [0.5, 0.6) is 0 Å². The topological polar surface area (TPSA) is 49.3 Å². The molecule has 0 spiro atoms. The molecule has 25 heavy (non-hydrogen) atoms. The van der Waals surface area contributed by atoms with E-state index < -0.39 is 0 Å². The highest BCUT2D eigenvalue weighted by atomic mass is 32.1. The summed E-state index contributed by atoms with van der Waals surface area (Å²) in [5.41, 5.74) is 0.946. The van der Waals surface area contributed by atoms with Crippen LogP contribution in [0.4, 0.5) is 5.82 Å². The molecule has 2 aromatic heterocycles. The number of carbonyl (C=O) groups excluding carboxylic acids is 1. The van der Waals surface area contributed by atoms with Crippen molar-refractivity contribution in [2.45, 2.75) is 38.6 Å². The van der Waals surface area contributed by atoms with Crippen LogP contribution in [0.15, 0.2) is 29.6 Å². The molecular weight excluding hydrogens is 332 g/mol. The highest BCUT2D eigenvalue weighted by Crippen LogP contribution is 2.33. The molecule has 6 heteroatoms. The maximum Gasteiger partial charge on any atom is 0.222 e. The molecule has 132 valence electrons. The van der Waals surface area contributed by atoms with Crippen LogP contribution in [0.25, 0.3) is 0 Å². The van der Waals surface area contributed by atoms with Crippen molar-refractivity contribution in [2.24, 2.45) is 5.92 Å². The second-order valence-corrected chi connectivity index (χ2v) is 8.08. The maximum absolute atomic E-state index is 12.5. The zero-order valence-corrected chi connectivity index (χ0v) is 15.4. The maximum atomic E-state index is 12.5. The first-order valence-corrected chi connectivity index (χ1v) is 9.96. The van der Waals surface area contributed by atoms with Crippen molar-refractivity contribution in [3.05, 3.63) is 40.2 Å². The smallest absolute Gasteiger partial charge is 0.222 e. The molecule has 0 bridgehead atoms. The molecule has 4 rings (SSSR count). The van der Waals surface area contributed by atoms with Crippen LogP contribution in [-0.4, -0.2) is 46.7 Å². The number of anilines is 1. The lowest BCUT2D eigenvalue weighted by molar-refractivity contribution is -0.139. The third kappa shape index (κ3) is 3.54. The molecule has 4 heterocycles. The summed E-state index contributed by atoms with van der Waals surface area (Å²) in [7, 11) is 0. The number of piperidine rings is 2. The molecule has 0 unspecified atom stereocenters. The van der Waals surface area contributed by atoms with Crippen LogP contribution in [0.1, 0.15) is 29.8 Å². The van der Waals surface area contributed by atoms with E-state index >= 15 is 0 Å². The lowest BCUT2D eigenvalue weighted by atomic mass is 9.83. The Morgan fingerprint density at radius 3 is 2.92 bits per heavy atom. The SMILES string of the molecule is Cc1ccc(N2CC[C@@H]3[C@@H](CCC(=O)N3CCc3cccs3)C2)nn1. The van der Waals surface area contributed by atoms with Crippen molar-refractivity contribution in [3.8, 4) is 0 Å². The average molecular weight is 356 g/mol. The van der Waals surface area contributed by atoms with Crippen molar-refractivity contribution < 1.29 is 4.79 Å². The molecule has 2 atom stereocenters. The lowest BCUT2D eigenvalue weighted by Crippen LogP contribution is -2.56. The number of hydrogen-bond acceptors (Lipinski definition) is 5. The number of amides is 1. The van der Waals surface area contributed by atoms with Crippen molar-refractivity contribution in [1.82, 2.24) is 15.1 Å². The number of aromatic nitrogens is 2. The van der Waals surface area contributed by atoms with Crippen LogP contribution >= 0.6 is 11.3 Å². The van der Waals surface area contributed by atoms with Crippen molar-refractivity contribution in [2.75, 3.05) is 24.5 Å². The van der Waals surface area contributed by atoms with Gasteiger partial charge in [0.2, 0.25) is 5.91 Å². The van der Waals surface area contributed by atoms with Gasteiger partial charge in [0.15, 0.2) is 5.82 Å². The lowest BCUT2D eigenvalue weighted by Gasteiger charge is -2.47. The number of carbonyl (C=O) groups is 1. The number of rotatable bonds is 4. The molecule has 5 nitrogen and oxygen atoms in total. The van der Waals surface area contributed by atoms with E-state index in [0.29, 0.717) is 24.3 Å². The Balaban J connectivity index is 1.43. The van der Waals surface area contributed by atoms with Gasteiger partial charge in [-0.05, 0) is 55.7 Å². The summed E-state index contributed by atoms with van der Waals surface area (Å²) < 4.78 is 0. The Hall–Kier alpha value is -1.95. The molecule has 0 N–H and O–H groups in total. The number of fused-ring (bicyclic) bond motifs is 1. The highest BCUT2D eigenvalue weighted by molar-refractivity contribution is 7.09. The number of hydrogen-bond donors (Lipinski definition) is 0. The molecule has 2 aromatic rings. The van der Waals surface area contributed by atoms with Gasteiger partial charge < -0.3 is 9.80 Å². The second-order valence-electron chi connectivity index (χ2n) is 7.05. The second kappa shape index (κ2) is 7.12. The normalized spacial score (nSPS) is 23.6. The standard InChI is InChI=1S/C19H24N4OS/c1-14-4-6-18(21-20-14)22-10-9-17-15(13-22)5-7-19(24)23(17)11-8-16-3-2-12-25-16/h2-4,6,12,15,17H,5,7-11,13H2,1H3/t15-,17+/m0/s1. The molecule has 1 amide bonds. The van der Waals surface area contributed by atoms with Crippen LogP contribution in [-0.2, 0) is 11.2 Å². The van der Waals surface area contributed by atoms with Gasteiger partial charge in [0, 0.05) is 37.0 Å².